The Labute approximate surface area is 140 Å². The molecule has 1 saturated heterocycles. The standard InChI is InChI=1S/C17H21ClN2O3/c18-14-4-2-13(3-5-14)12-15(21)19-8-10-20(11-9-19)16(22)17(23)6-1-7-17/h2-5,23H,1,6-12H2. The third kappa shape index (κ3) is 3.51. The topological polar surface area (TPSA) is 60.9 Å². The van der Waals surface area contributed by atoms with Crippen LogP contribution in [0, 0.1) is 0 Å². The highest BCUT2D eigenvalue weighted by molar-refractivity contribution is 6.30. The first kappa shape index (κ1) is 16.3. The number of hydrogen-bond donors (Lipinski definition) is 1. The monoisotopic (exact) mass is 336 g/mol. The summed E-state index contributed by atoms with van der Waals surface area (Å²) in [7, 11) is 0. The second-order valence-corrected chi connectivity index (χ2v) is 6.80. The Balaban J connectivity index is 1.51. The summed E-state index contributed by atoms with van der Waals surface area (Å²) in [5.41, 5.74) is -0.211. The van der Waals surface area contributed by atoms with Crippen LogP contribution in [0.2, 0.25) is 5.02 Å². The van der Waals surface area contributed by atoms with Gasteiger partial charge in [-0.15, -0.1) is 0 Å². The lowest BCUT2D eigenvalue weighted by molar-refractivity contribution is -0.163. The number of halogens is 1. The van der Waals surface area contributed by atoms with Gasteiger partial charge in [0.25, 0.3) is 5.91 Å². The molecule has 124 valence electrons. The molecule has 0 spiro atoms. The van der Waals surface area contributed by atoms with Crippen LogP contribution in [0.15, 0.2) is 24.3 Å². The third-order valence-electron chi connectivity index (χ3n) is 4.77. The van der Waals surface area contributed by atoms with E-state index in [0.29, 0.717) is 50.5 Å². The Kier molecular flexibility index (Phi) is 4.60. The average molecular weight is 337 g/mol. The minimum absolute atomic E-state index is 0.0572. The van der Waals surface area contributed by atoms with Crippen molar-refractivity contribution >= 4 is 23.4 Å². The number of benzene rings is 1. The van der Waals surface area contributed by atoms with Crippen LogP contribution in [0.4, 0.5) is 0 Å². The van der Waals surface area contributed by atoms with Gasteiger partial charge in [0.1, 0.15) is 5.60 Å². The molecule has 1 heterocycles. The number of nitrogens with zero attached hydrogens (tertiary/aromatic N) is 2. The van der Waals surface area contributed by atoms with Crippen molar-refractivity contribution in [1.29, 1.82) is 0 Å². The molecule has 3 rings (SSSR count). The summed E-state index contributed by atoms with van der Waals surface area (Å²) < 4.78 is 0. The van der Waals surface area contributed by atoms with Crippen LogP contribution in [-0.4, -0.2) is 58.5 Å². The first-order valence-electron chi connectivity index (χ1n) is 8.02. The largest absolute Gasteiger partial charge is 0.380 e. The highest BCUT2D eigenvalue weighted by atomic mass is 35.5. The molecule has 1 N–H and O–H groups in total. The van der Waals surface area contributed by atoms with Crippen LogP contribution in [0.5, 0.6) is 0 Å². The summed E-state index contributed by atoms with van der Waals surface area (Å²) in [5, 5.41) is 10.8. The van der Waals surface area contributed by atoms with Gasteiger partial charge in [0.15, 0.2) is 0 Å². The lowest BCUT2D eigenvalue weighted by Gasteiger charge is -2.42. The molecule has 2 aliphatic rings. The van der Waals surface area contributed by atoms with E-state index in [1.54, 1.807) is 21.9 Å². The van der Waals surface area contributed by atoms with Crippen molar-refractivity contribution in [2.45, 2.75) is 31.3 Å². The van der Waals surface area contributed by atoms with E-state index < -0.39 is 5.60 Å². The van der Waals surface area contributed by atoms with Gasteiger partial charge in [-0.05, 0) is 37.0 Å². The summed E-state index contributed by atoms with van der Waals surface area (Å²) in [5.74, 6) is -0.115. The van der Waals surface area contributed by atoms with E-state index in [1.165, 1.54) is 0 Å². The number of carbonyl (C=O) groups is 2. The summed E-state index contributed by atoms with van der Waals surface area (Å²) in [4.78, 5) is 28.1. The second kappa shape index (κ2) is 6.49. The molecule has 23 heavy (non-hydrogen) atoms. The highest BCUT2D eigenvalue weighted by Crippen LogP contribution is 2.33. The Morgan fingerprint density at radius 3 is 2.13 bits per heavy atom. The highest BCUT2D eigenvalue weighted by Gasteiger charge is 2.45. The minimum atomic E-state index is -1.14. The van der Waals surface area contributed by atoms with Gasteiger partial charge in [-0.25, -0.2) is 0 Å². The molecule has 0 aromatic heterocycles. The van der Waals surface area contributed by atoms with Crippen molar-refractivity contribution in [2.75, 3.05) is 26.2 Å². The lowest BCUT2D eigenvalue weighted by Crippen LogP contribution is -2.58. The maximum absolute atomic E-state index is 12.3. The molecule has 0 radical (unpaired) electrons. The van der Waals surface area contributed by atoms with Crippen LogP contribution >= 0.6 is 11.6 Å². The molecular formula is C17H21ClN2O3. The van der Waals surface area contributed by atoms with E-state index in [4.69, 9.17) is 11.6 Å². The van der Waals surface area contributed by atoms with Crippen molar-refractivity contribution in [2.24, 2.45) is 0 Å². The molecule has 0 unspecified atom stereocenters. The van der Waals surface area contributed by atoms with Gasteiger partial charge in [-0.3, -0.25) is 9.59 Å². The zero-order valence-corrected chi connectivity index (χ0v) is 13.8. The molecule has 1 aliphatic carbocycles. The fourth-order valence-corrected chi connectivity index (χ4v) is 3.19. The number of rotatable bonds is 3. The maximum Gasteiger partial charge on any atom is 0.254 e. The van der Waals surface area contributed by atoms with Gasteiger partial charge < -0.3 is 14.9 Å². The summed E-state index contributed by atoms with van der Waals surface area (Å²) in [6.07, 6.45) is 2.36. The first-order valence-corrected chi connectivity index (χ1v) is 8.40. The normalized spacial score (nSPS) is 20.1. The molecular weight excluding hydrogens is 316 g/mol. The van der Waals surface area contributed by atoms with Crippen LogP contribution < -0.4 is 0 Å². The van der Waals surface area contributed by atoms with Gasteiger partial charge >= 0.3 is 0 Å². The van der Waals surface area contributed by atoms with Crippen LogP contribution in [0.25, 0.3) is 0 Å². The Morgan fingerprint density at radius 2 is 1.61 bits per heavy atom. The van der Waals surface area contributed by atoms with Gasteiger partial charge in [-0.1, -0.05) is 23.7 Å². The molecule has 2 fully saturated rings. The predicted molar refractivity (Wildman–Crippen MR) is 87.1 cm³/mol. The predicted octanol–water partition coefficient (Wildman–Crippen LogP) is 1.47. The lowest BCUT2D eigenvalue weighted by atomic mass is 9.79. The molecule has 5 nitrogen and oxygen atoms in total. The molecule has 1 aromatic rings. The molecule has 0 atom stereocenters. The SMILES string of the molecule is O=C(Cc1ccc(Cl)cc1)N1CCN(C(=O)C2(O)CCC2)CC1. The van der Waals surface area contributed by atoms with Crippen molar-refractivity contribution < 1.29 is 14.7 Å². The van der Waals surface area contributed by atoms with Crippen molar-refractivity contribution in [3.63, 3.8) is 0 Å². The van der Waals surface area contributed by atoms with Crippen molar-refractivity contribution in [1.82, 2.24) is 9.80 Å². The van der Waals surface area contributed by atoms with E-state index in [1.807, 2.05) is 12.1 Å². The van der Waals surface area contributed by atoms with Gasteiger partial charge in [-0.2, -0.15) is 0 Å². The number of aliphatic hydroxyl groups is 1. The fourth-order valence-electron chi connectivity index (χ4n) is 3.07. The van der Waals surface area contributed by atoms with E-state index in [2.05, 4.69) is 0 Å². The first-order chi connectivity index (χ1) is 11.0. The molecule has 1 aliphatic heterocycles. The number of amides is 2. The third-order valence-corrected chi connectivity index (χ3v) is 5.02. The average Bonchev–Trinajstić information content (AvgIpc) is 2.54. The summed E-state index contributed by atoms with van der Waals surface area (Å²) in [6, 6.07) is 7.26. The molecule has 6 heteroatoms. The van der Waals surface area contributed by atoms with E-state index in [-0.39, 0.29) is 11.8 Å². The summed E-state index contributed by atoms with van der Waals surface area (Å²) >= 11 is 5.84. The van der Waals surface area contributed by atoms with Crippen LogP contribution in [0.1, 0.15) is 24.8 Å². The van der Waals surface area contributed by atoms with Crippen LogP contribution in [-0.2, 0) is 16.0 Å². The zero-order chi connectivity index (χ0) is 16.4. The number of piperazine rings is 1. The Morgan fingerprint density at radius 1 is 1.04 bits per heavy atom. The quantitative estimate of drug-likeness (QED) is 0.909. The van der Waals surface area contributed by atoms with E-state index in [0.717, 1.165) is 12.0 Å². The Bertz CT molecular complexity index is 590. The van der Waals surface area contributed by atoms with E-state index >= 15 is 0 Å². The molecule has 1 aromatic carbocycles. The minimum Gasteiger partial charge on any atom is -0.380 e. The molecule has 0 bridgehead atoms. The number of hydrogen-bond acceptors (Lipinski definition) is 3. The molecule has 2 amide bonds. The van der Waals surface area contributed by atoms with Crippen molar-refractivity contribution in [3.05, 3.63) is 34.9 Å². The van der Waals surface area contributed by atoms with Gasteiger partial charge in [0.05, 0.1) is 6.42 Å². The Hall–Kier alpha value is -1.59. The summed E-state index contributed by atoms with van der Waals surface area (Å²) in [6.45, 7) is 2.03. The number of carbonyl (C=O) groups excluding carboxylic acids is 2. The zero-order valence-electron chi connectivity index (χ0n) is 13.0. The van der Waals surface area contributed by atoms with E-state index in [9.17, 15) is 14.7 Å². The van der Waals surface area contributed by atoms with Crippen molar-refractivity contribution in [3.8, 4) is 0 Å². The van der Waals surface area contributed by atoms with Gasteiger partial charge in [0.2, 0.25) is 5.91 Å². The van der Waals surface area contributed by atoms with Gasteiger partial charge in [0, 0.05) is 31.2 Å². The fraction of sp³-hybridized carbons (Fsp3) is 0.529. The van der Waals surface area contributed by atoms with Crippen LogP contribution in [0.3, 0.4) is 0 Å². The smallest absolute Gasteiger partial charge is 0.254 e. The second-order valence-electron chi connectivity index (χ2n) is 6.36. The molecule has 1 saturated carbocycles. The maximum atomic E-state index is 12.3.